The third-order valence-corrected chi connectivity index (χ3v) is 4.32. The fraction of sp³-hybridized carbons (Fsp3) is 0.692. The monoisotopic (exact) mass is 205 g/mol. The van der Waals surface area contributed by atoms with E-state index in [1.54, 1.807) is 0 Å². The minimum absolute atomic E-state index is 0.0700. The van der Waals surface area contributed by atoms with E-state index in [-0.39, 0.29) is 5.54 Å². The van der Waals surface area contributed by atoms with Gasteiger partial charge in [-0.1, -0.05) is 13.8 Å². The molecule has 2 atom stereocenters. The molecule has 2 nitrogen and oxygen atoms in total. The third-order valence-electron chi connectivity index (χ3n) is 4.32. The minimum atomic E-state index is 0.0700. The van der Waals surface area contributed by atoms with Gasteiger partial charge < -0.3 is 9.73 Å². The van der Waals surface area contributed by atoms with E-state index in [4.69, 9.17) is 4.42 Å². The highest BCUT2D eigenvalue weighted by molar-refractivity contribution is 5.31. The van der Waals surface area contributed by atoms with Crippen LogP contribution >= 0.6 is 0 Å². The van der Waals surface area contributed by atoms with E-state index >= 15 is 0 Å². The maximum atomic E-state index is 5.70. The molecular formula is C13H19NO. The Morgan fingerprint density at radius 3 is 2.80 bits per heavy atom. The van der Waals surface area contributed by atoms with E-state index in [9.17, 15) is 0 Å². The number of hydrogen-bond acceptors (Lipinski definition) is 2. The second-order valence-electron chi connectivity index (χ2n) is 5.90. The van der Waals surface area contributed by atoms with Gasteiger partial charge in [-0.3, -0.25) is 0 Å². The molecule has 0 spiro atoms. The molecule has 3 rings (SSSR count). The summed E-state index contributed by atoms with van der Waals surface area (Å²) in [5.74, 6) is 1.90. The molecule has 2 heteroatoms. The van der Waals surface area contributed by atoms with Crippen LogP contribution in [0.5, 0.6) is 0 Å². The van der Waals surface area contributed by atoms with E-state index in [1.165, 1.54) is 17.7 Å². The summed E-state index contributed by atoms with van der Waals surface area (Å²) < 4.78 is 5.70. The van der Waals surface area contributed by atoms with Gasteiger partial charge in [0, 0.05) is 6.54 Å². The fourth-order valence-corrected chi connectivity index (χ4v) is 3.26. The third kappa shape index (κ3) is 1.21. The molecule has 1 aliphatic heterocycles. The molecule has 1 aromatic rings. The van der Waals surface area contributed by atoms with Gasteiger partial charge in [-0.2, -0.15) is 0 Å². The number of fused-ring (bicyclic) bond motifs is 1. The van der Waals surface area contributed by atoms with Crippen molar-refractivity contribution < 1.29 is 4.42 Å². The van der Waals surface area contributed by atoms with Gasteiger partial charge in [0.1, 0.15) is 5.76 Å². The Morgan fingerprint density at radius 2 is 2.13 bits per heavy atom. The van der Waals surface area contributed by atoms with Crippen LogP contribution in [-0.4, -0.2) is 6.54 Å². The summed E-state index contributed by atoms with van der Waals surface area (Å²) in [6.45, 7) is 8.08. The van der Waals surface area contributed by atoms with E-state index in [0.717, 1.165) is 18.9 Å². The van der Waals surface area contributed by atoms with Crippen LogP contribution in [0.25, 0.3) is 0 Å². The first kappa shape index (κ1) is 9.46. The maximum absolute atomic E-state index is 5.70. The Balaban J connectivity index is 2.01. The Hall–Kier alpha value is -0.760. The Bertz CT molecular complexity index is 393. The smallest absolute Gasteiger partial charge is 0.127 e. The molecule has 0 amide bonds. The summed E-state index contributed by atoms with van der Waals surface area (Å²) in [6, 6.07) is 2.13. The molecule has 0 aromatic carbocycles. The lowest BCUT2D eigenvalue weighted by atomic mass is 9.83. The van der Waals surface area contributed by atoms with Crippen LogP contribution < -0.4 is 5.32 Å². The van der Waals surface area contributed by atoms with Gasteiger partial charge >= 0.3 is 0 Å². The highest BCUT2D eigenvalue weighted by Crippen LogP contribution is 2.61. The van der Waals surface area contributed by atoms with E-state index in [2.05, 4.69) is 32.2 Å². The molecule has 1 aliphatic carbocycles. The Labute approximate surface area is 91.0 Å². The summed E-state index contributed by atoms with van der Waals surface area (Å²) in [5.41, 5.74) is 1.95. The van der Waals surface area contributed by atoms with Crippen LogP contribution in [0.4, 0.5) is 0 Å². The molecule has 0 saturated heterocycles. The van der Waals surface area contributed by atoms with Gasteiger partial charge in [-0.05, 0) is 42.7 Å². The largest absolute Gasteiger partial charge is 0.467 e. The maximum Gasteiger partial charge on any atom is 0.127 e. The molecular weight excluding hydrogens is 186 g/mol. The van der Waals surface area contributed by atoms with Gasteiger partial charge in [-0.15, -0.1) is 0 Å². The van der Waals surface area contributed by atoms with Gasteiger partial charge in [0.2, 0.25) is 0 Å². The molecule has 1 aromatic heterocycles. The fourth-order valence-electron chi connectivity index (χ4n) is 3.26. The zero-order chi connectivity index (χ0) is 10.7. The first-order valence-corrected chi connectivity index (χ1v) is 5.86. The normalized spacial score (nSPS) is 37.4. The standard InChI is InChI=1S/C13H19NO/c1-12(2)8-10(12)13(3)11-9(4-6-14-13)5-7-15-11/h5,7,10,14H,4,6,8H2,1-3H3. The average molecular weight is 205 g/mol. The van der Waals surface area contributed by atoms with Crippen LogP contribution in [-0.2, 0) is 12.0 Å². The molecule has 2 heterocycles. The van der Waals surface area contributed by atoms with Crippen molar-refractivity contribution in [3.63, 3.8) is 0 Å². The summed E-state index contributed by atoms with van der Waals surface area (Å²) in [7, 11) is 0. The predicted octanol–water partition coefficient (Wildman–Crippen LogP) is 2.69. The van der Waals surface area contributed by atoms with Gasteiger partial charge in [-0.25, -0.2) is 0 Å². The zero-order valence-electron chi connectivity index (χ0n) is 9.76. The van der Waals surface area contributed by atoms with Gasteiger partial charge in [0.25, 0.3) is 0 Å². The van der Waals surface area contributed by atoms with Gasteiger partial charge in [0.05, 0.1) is 11.8 Å². The lowest BCUT2D eigenvalue weighted by Crippen LogP contribution is -2.47. The van der Waals surface area contributed by atoms with Gasteiger partial charge in [0.15, 0.2) is 0 Å². The average Bonchev–Trinajstić information content (AvgIpc) is 2.65. The van der Waals surface area contributed by atoms with E-state index in [0.29, 0.717) is 5.41 Å². The van der Waals surface area contributed by atoms with Crippen LogP contribution in [0.1, 0.15) is 38.5 Å². The second-order valence-corrected chi connectivity index (χ2v) is 5.90. The highest BCUT2D eigenvalue weighted by atomic mass is 16.3. The van der Waals surface area contributed by atoms with Crippen LogP contribution in [0, 0.1) is 11.3 Å². The molecule has 2 aliphatic rings. The molecule has 82 valence electrons. The number of hydrogen-bond donors (Lipinski definition) is 1. The number of nitrogens with one attached hydrogen (secondary N) is 1. The highest BCUT2D eigenvalue weighted by Gasteiger charge is 2.58. The summed E-state index contributed by atoms with van der Waals surface area (Å²) in [6.07, 6.45) is 4.25. The molecule has 1 N–H and O–H groups in total. The van der Waals surface area contributed by atoms with Crippen molar-refractivity contribution in [1.29, 1.82) is 0 Å². The van der Waals surface area contributed by atoms with Crippen molar-refractivity contribution in [3.8, 4) is 0 Å². The Morgan fingerprint density at radius 1 is 1.40 bits per heavy atom. The molecule has 15 heavy (non-hydrogen) atoms. The quantitative estimate of drug-likeness (QED) is 0.762. The molecule has 2 unspecified atom stereocenters. The minimum Gasteiger partial charge on any atom is -0.467 e. The predicted molar refractivity (Wildman–Crippen MR) is 59.7 cm³/mol. The number of rotatable bonds is 1. The van der Waals surface area contributed by atoms with Crippen molar-refractivity contribution in [2.45, 2.75) is 39.2 Å². The molecule has 0 bridgehead atoms. The van der Waals surface area contributed by atoms with Crippen molar-refractivity contribution >= 4 is 0 Å². The summed E-state index contributed by atoms with van der Waals surface area (Å²) >= 11 is 0. The Kier molecular flexibility index (Phi) is 1.69. The number of furan rings is 1. The summed E-state index contributed by atoms with van der Waals surface area (Å²) in [5, 5.41) is 3.66. The van der Waals surface area contributed by atoms with Crippen LogP contribution in [0.3, 0.4) is 0 Å². The van der Waals surface area contributed by atoms with E-state index in [1.807, 2.05) is 6.26 Å². The van der Waals surface area contributed by atoms with Crippen molar-refractivity contribution in [2.75, 3.05) is 6.54 Å². The molecule has 0 radical (unpaired) electrons. The molecule has 1 saturated carbocycles. The second kappa shape index (κ2) is 2.67. The van der Waals surface area contributed by atoms with Crippen LogP contribution in [0.2, 0.25) is 0 Å². The first-order chi connectivity index (χ1) is 7.04. The summed E-state index contributed by atoms with van der Waals surface area (Å²) in [4.78, 5) is 0. The zero-order valence-corrected chi connectivity index (χ0v) is 9.76. The van der Waals surface area contributed by atoms with Crippen molar-refractivity contribution in [3.05, 3.63) is 23.7 Å². The van der Waals surface area contributed by atoms with E-state index < -0.39 is 0 Å². The topological polar surface area (TPSA) is 25.2 Å². The van der Waals surface area contributed by atoms with Crippen LogP contribution in [0.15, 0.2) is 16.7 Å². The lowest BCUT2D eigenvalue weighted by Gasteiger charge is -2.35. The van der Waals surface area contributed by atoms with Crippen molar-refractivity contribution in [1.82, 2.24) is 5.32 Å². The molecule has 1 fully saturated rings. The van der Waals surface area contributed by atoms with Crippen molar-refractivity contribution in [2.24, 2.45) is 11.3 Å². The SMILES string of the molecule is CC1(C)CC1C1(C)NCCc2ccoc21. The first-order valence-electron chi connectivity index (χ1n) is 5.86. The lowest BCUT2D eigenvalue weighted by molar-refractivity contribution is 0.218.